The molecule has 0 N–H and O–H groups in total. The fourth-order valence-corrected chi connectivity index (χ4v) is 5.02. The first kappa shape index (κ1) is 20.9. The second kappa shape index (κ2) is 8.29. The third-order valence-electron chi connectivity index (χ3n) is 6.61. The molecule has 0 aliphatic carbocycles. The van der Waals surface area contributed by atoms with Gasteiger partial charge in [-0.2, -0.15) is 4.52 Å². The Bertz CT molecular complexity index is 1520. The van der Waals surface area contributed by atoms with Gasteiger partial charge < -0.3 is 9.80 Å². The van der Waals surface area contributed by atoms with Crippen LogP contribution in [0.15, 0.2) is 66.7 Å². The Morgan fingerprint density at radius 1 is 0.824 bits per heavy atom. The average molecular weight is 469 g/mol. The van der Waals surface area contributed by atoms with Crippen molar-refractivity contribution in [1.29, 1.82) is 0 Å². The minimum absolute atomic E-state index is 0.669. The average Bonchev–Trinajstić information content (AvgIpc) is 3.29. The number of benzene rings is 3. The van der Waals surface area contributed by atoms with Crippen LogP contribution in [0.4, 0.5) is 11.5 Å². The third-order valence-corrected chi connectivity index (χ3v) is 6.85. The molecular formula is C27H25ClN6. The maximum Gasteiger partial charge on any atom is 0.186 e. The van der Waals surface area contributed by atoms with Crippen LogP contribution in [0, 0.1) is 13.8 Å². The molecule has 0 saturated carbocycles. The summed E-state index contributed by atoms with van der Waals surface area (Å²) in [6.07, 6.45) is 0. The van der Waals surface area contributed by atoms with Crippen molar-refractivity contribution in [3.8, 4) is 11.3 Å². The normalized spacial score (nSPS) is 14.3. The van der Waals surface area contributed by atoms with Crippen LogP contribution in [0.2, 0.25) is 5.02 Å². The van der Waals surface area contributed by atoms with Gasteiger partial charge in [-0.15, -0.1) is 5.10 Å². The van der Waals surface area contributed by atoms with Gasteiger partial charge in [0.15, 0.2) is 5.65 Å². The summed E-state index contributed by atoms with van der Waals surface area (Å²) >= 11 is 6.26. The highest BCUT2D eigenvalue weighted by Crippen LogP contribution is 2.32. The highest BCUT2D eigenvalue weighted by Gasteiger charge is 2.23. The zero-order valence-electron chi connectivity index (χ0n) is 19.2. The summed E-state index contributed by atoms with van der Waals surface area (Å²) in [5.41, 5.74) is 7.34. The second-order valence-electron chi connectivity index (χ2n) is 8.90. The van der Waals surface area contributed by atoms with E-state index in [4.69, 9.17) is 16.6 Å². The van der Waals surface area contributed by atoms with Crippen LogP contribution in [-0.2, 0) is 0 Å². The molecule has 0 atom stereocenters. The number of para-hydroxylation sites is 1. The predicted octanol–water partition coefficient (Wildman–Crippen LogP) is 5.54. The maximum absolute atomic E-state index is 6.26. The molecule has 0 bridgehead atoms. The Labute approximate surface area is 203 Å². The van der Waals surface area contributed by atoms with Gasteiger partial charge in [0.1, 0.15) is 11.5 Å². The van der Waals surface area contributed by atoms with Crippen molar-refractivity contribution in [2.75, 3.05) is 36.0 Å². The molecule has 0 spiro atoms. The molecule has 34 heavy (non-hydrogen) atoms. The highest BCUT2D eigenvalue weighted by molar-refractivity contribution is 6.30. The topological polar surface area (TPSA) is 49.6 Å². The van der Waals surface area contributed by atoms with E-state index in [0.717, 1.165) is 59.8 Å². The lowest BCUT2D eigenvalue weighted by molar-refractivity contribution is 0.648. The van der Waals surface area contributed by atoms with E-state index in [1.807, 2.05) is 34.8 Å². The molecule has 1 fully saturated rings. The second-order valence-corrected chi connectivity index (χ2v) is 9.34. The molecule has 1 aliphatic heterocycles. The first-order valence-electron chi connectivity index (χ1n) is 11.6. The standard InChI is InChI=1S/C27H25ClN6/c1-18-10-11-19(2)24(16-18)32-12-14-33(15-13-32)26-22-8-3-4-9-23(22)34-27(29-26)25(30-31-34)20-6-5-7-21(28)17-20/h3-11,16-17H,12-15H2,1-2H3. The summed E-state index contributed by atoms with van der Waals surface area (Å²) in [7, 11) is 0. The van der Waals surface area contributed by atoms with Gasteiger partial charge in [0, 0.05) is 47.8 Å². The summed E-state index contributed by atoms with van der Waals surface area (Å²) in [4.78, 5) is 10.00. The molecule has 0 amide bonds. The van der Waals surface area contributed by atoms with E-state index in [9.17, 15) is 0 Å². The highest BCUT2D eigenvalue weighted by atomic mass is 35.5. The number of halogens is 1. The lowest BCUT2D eigenvalue weighted by Gasteiger charge is -2.38. The van der Waals surface area contributed by atoms with E-state index in [1.54, 1.807) is 0 Å². The summed E-state index contributed by atoms with van der Waals surface area (Å²) in [5, 5.41) is 10.7. The Morgan fingerprint density at radius 3 is 2.44 bits per heavy atom. The van der Waals surface area contributed by atoms with Crippen LogP contribution in [0.1, 0.15) is 11.1 Å². The van der Waals surface area contributed by atoms with Gasteiger partial charge in [-0.05, 0) is 55.3 Å². The summed E-state index contributed by atoms with van der Waals surface area (Å²) < 4.78 is 1.83. The van der Waals surface area contributed by atoms with Crippen molar-refractivity contribution in [1.82, 2.24) is 19.8 Å². The fourth-order valence-electron chi connectivity index (χ4n) is 4.83. The van der Waals surface area contributed by atoms with Crippen molar-refractivity contribution < 1.29 is 0 Å². The number of piperazine rings is 1. The van der Waals surface area contributed by atoms with Crippen LogP contribution < -0.4 is 9.80 Å². The molecule has 6 rings (SSSR count). The van der Waals surface area contributed by atoms with Crippen LogP contribution in [0.25, 0.3) is 27.8 Å². The predicted molar refractivity (Wildman–Crippen MR) is 139 cm³/mol. The SMILES string of the molecule is Cc1ccc(C)c(N2CCN(c3nc4c(-c5cccc(Cl)c5)nnn4c4ccccc34)CC2)c1. The summed E-state index contributed by atoms with van der Waals surface area (Å²) in [6, 6.07) is 22.7. The van der Waals surface area contributed by atoms with Crippen molar-refractivity contribution in [2.24, 2.45) is 0 Å². The molecule has 3 aromatic carbocycles. The number of anilines is 2. The number of aryl methyl sites for hydroxylation is 2. The Kier molecular flexibility index (Phi) is 5.11. The van der Waals surface area contributed by atoms with Crippen molar-refractivity contribution in [3.05, 3.63) is 82.9 Å². The number of hydrogen-bond donors (Lipinski definition) is 0. The first-order chi connectivity index (χ1) is 16.6. The van der Waals surface area contributed by atoms with E-state index in [-0.39, 0.29) is 0 Å². The minimum Gasteiger partial charge on any atom is -0.368 e. The zero-order chi connectivity index (χ0) is 23.2. The fraction of sp³-hybridized carbons (Fsp3) is 0.222. The van der Waals surface area contributed by atoms with Crippen LogP contribution in [0.3, 0.4) is 0 Å². The number of aromatic nitrogens is 4. The van der Waals surface area contributed by atoms with Gasteiger partial charge >= 0.3 is 0 Å². The number of hydrogen-bond acceptors (Lipinski definition) is 5. The van der Waals surface area contributed by atoms with Gasteiger partial charge in [-0.1, -0.05) is 53.2 Å². The van der Waals surface area contributed by atoms with Gasteiger partial charge in [-0.3, -0.25) is 0 Å². The van der Waals surface area contributed by atoms with Gasteiger partial charge in [-0.25, -0.2) is 4.98 Å². The monoisotopic (exact) mass is 468 g/mol. The number of nitrogens with zero attached hydrogens (tertiary/aromatic N) is 6. The lowest BCUT2D eigenvalue weighted by atomic mass is 10.1. The molecule has 6 nitrogen and oxygen atoms in total. The quantitative estimate of drug-likeness (QED) is 0.348. The lowest BCUT2D eigenvalue weighted by Crippen LogP contribution is -2.47. The van der Waals surface area contributed by atoms with E-state index < -0.39 is 0 Å². The van der Waals surface area contributed by atoms with E-state index in [0.29, 0.717) is 5.02 Å². The molecule has 2 aromatic heterocycles. The van der Waals surface area contributed by atoms with Crippen LogP contribution in [0.5, 0.6) is 0 Å². The number of rotatable bonds is 3. The Morgan fingerprint density at radius 2 is 1.62 bits per heavy atom. The molecule has 7 heteroatoms. The first-order valence-corrected chi connectivity index (χ1v) is 11.9. The van der Waals surface area contributed by atoms with E-state index in [2.05, 4.69) is 70.4 Å². The molecule has 1 saturated heterocycles. The van der Waals surface area contributed by atoms with Crippen molar-refractivity contribution in [3.63, 3.8) is 0 Å². The summed E-state index contributed by atoms with van der Waals surface area (Å²) in [6.45, 7) is 8.03. The Balaban J connectivity index is 1.41. The maximum atomic E-state index is 6.26. The molecule has 3 heterocycles. The van der Waals surface area contributed by atoms with Crippen molar-refractivity contribution in [2.45, 2.75) is 13.8 Å². The number of fused-ring (bicyclic) bond motifs is 3. The minimum atomic E-state index is 0.669. The van der Waals surface area contributed by atoms with Gasteiger partial charge in [0.2, 0.25) is 0 Å². The Hall–Kier alpha value is -3.64. The molecular weight excluding hydrogens is 444 g/mol. The third kappa shape index (κ3) is 3.55. The van der Waals surface area contributed by atoms with Crippen molar-refractivity contribution >= 4 is 39.7 Å². The smallest absolute Gasteiger partial charge is 0.186 e. The van der Waals surface area contributed by atoms with E-state index in [1.165, 1.54) is 16.8 Å². The van der Waals surface area contributed by atoms with Crippen LogP contribution >= 0.6 is 11.6 Å². The largest absolute Gasteiger partial charge is 0.368 e. The van der Waals surface area contributed by atoms with Gasteiger partial charge in [0.25, 0.3) is 0 Å². The zero-order valence-corrected chi connectivity index (χ0v) is 20.0. The molecule has 1 aliphatic rings. The molecule has 0 radical (unpaired) electrons. The van der Waals surface area contributed by atoms with Gasteiger partial charge in [0.05, 0.1) is 5.52 Å². The van der Waals surface area contributed by atoms with Crippen LogP contribution in [-0.4, -0.2) is 46.0 Å². The molecule has 5 aromatic rings. The molecule has 170 valence electrons. The summed E-state index contributed by atoms with van der Waals surface area (Å²) in [5.74, 6) is 0.981. The molecule has 0 unspecified atom stereocenters. The van der Waals surface area contributed by atoms with E-state index >= 15 is 0 Å².